The fourth-order valence-corrected chi connectivity index (χ4v) is 3.22. The molecule has 3 nitrogen and oxygen atoms in total. The van der Waals surface area contributed by atoms with Gasteiger partial charge in [0.2, 0.25) is 5.91 Å². The van der Waals surface area contributed by atoms with E-state index in [1.807, 2.05) is 11.0 Å². The first kappa shape index (κ1) is 13.6. The highest BCUT2D eigenvalue weighted by Crippen LogP contribution is 2.35. The van der Waals surface area contributed by atoms with E-state index in [-0.39, 0.29) is 0 Å². The quantitative estimate of drug-likeness (QED) is 0.894. The summed E-state index contributed by atoms with van der Waals surface area (Å²) >= 11 is 0. The second-order valence-electron chi connectivity index (χ2n) is 5.99. The molecule has 20 heavy (non-hydrogen) atoms. The molecule has 1 aromatic carbocycles. The lowest BCUT2D eigenvalue weighted by Crippen LogP contribution is -2.45. The van der Waals surface area contributed by atoms with Gasteiger partial charge < -0.3 is 10.2 Å². The molecule has 0 radical (unpaired) electrons. The molecule has 1 heterocycles. The Kier molecular flexibility index (Phi) is 4.06. The normalized spacial score (nSPS) is 20.4. The third-order valence-electron chi connectivity index (χ3n) is 4.46. The third kappa shape index (κ3) is 2.88. The third-order valence-corrected chi connectivity index (χ3v) is 4.46. The minimum atomic E-state index is 0.290. The van der Waals surface area contributed by atoms with Crippen molar-refractivity contribution in [2.75, 3.05) is 18.0 Å². The molecule has 108 valence electrons. The van der Waals surface area contributed by atoms with E-state index in [1.165, 1.54) is 18.4 Å². The van der Waals surface area contributed by atoms with Crippen LogP contribution in [-0.4, -0.2) is 25.0 Å². The summed E-state index contributed by atoms with van der Waals surface area (Å²) in [7, 11) is 0. The van der Waals surface area contributed by atoms with Crippen LogP contribution in [0.15, 0.2) is 24.3 Å². The van der Waals surface area contributed by atoms with Gasteiger partial charge in [0.05, 0.1) is 0 Å². The molecule has 1 atom stereocenters. The molecule has 3 rings (SSSR count). The Balaban J connectivity index is 1.83. The van der Waals surface area contributed by atoms with Crippen LogP contribution in [0.5, 0.6) is 0 Å². The number of para-hydroxylation sites is 1. The maximum atomic E-state index is 12.5. The Morgan fingerprint density at radius 3 is 2.85 bits per heavy atom. The number of nitrogens with zero attached hydrogens (tertiary/aromatic N) is 1. The average molecular weight is 272 g/mol. The number of carbonyl (C=O) groups excluding carboxylic acids is 1. The van der Waals surface area contributed by atoms with Crippen LogP contribution >= 0.6 is 0 Å². The lowest BCUT2D eigenvalue weighted by Gasteiger charge is -2.28. The minimum absolute atomic E-state index is 0.290. The molecule has 0 saturated heterocycles. The number of nitrogens with one attached hydrogen (secondary N) is 1. The van der Waals surface area contributed by atoms with Crippen LogP contribution in [0.2, 0.25) is 0 Å². The van der Waals surface area contributed by atoms with Crippen molar-refractivity contribution in [3.8, 4) is 0 Å². The fourth-order valence-electron chi connectivity index (χ4n) is 3.22. The van der Waals surface area contributed by atoms with Crippen molar-refractivity contribution in [3.05, 3.63) is 29.8 Å². The van der Waals surface area contributed by atoms with Crippen molar-refractivity contribution >= 4 is 11.6 Å². The van der Waals surface area contributed by atoms with E-state index in [4.69, 9.17) is 0 Å². The van der Waals surface area contributed by atoms with E-state index in [9.17, 15) is 4.79 Å². The fraction of sp³-hybridized carbons (Fsp3) is 0.588. The molecule has 0 bridgehead atoms. The molecule has 3 heteroatoms. The van der Waals surface area contributed by atoms with E-state index in [1.54, 1.807) is 0 Å². The first-order valence-electron chi connectivity index (χ1n) is 7.91. The van der Waals surface area contributed by atoms with E-state index >= 15 is 0 Å². The van der Waals surface area contributed by atoms with Gasteiger partial charge in [-0.05, 0) is 49.8 Å². The van der Waals surface area contributed by atoms with Crippen LogP contribution in [0, 0.1) is 5.92 Å². The summed E-state index contributed by atoms with van der Waals surface area (Å²) < 4.78 is 0. The van der Waals surface area contributed by atoms with Gasteiger partial charge in [-0.25, -0.2) is 0 Å². The number of fused-ring (bicyclic) bond motifs is 1. The van der Waals surface area contributed by atoms with Crippen molar-refractivity contribution in [1.82, 2.24) is 5.32 Å². The smallest absolute Gasteiger partial charge is 0.227 e. The Morgan fingerprint density at radius 2 is 2.10 bits per heavy atom. The summed E-state index contributed by atoms with van der Waals surface area (Å²) in [5.74, 6) is 1.05. The number of likely N-dealkylation sites (N-methyl/N-ethyl adjacent to an activating group) is 1. The van der Waals surface area contributed by atoms with Crippen LogP contribution in [-0.2, 0) is 11.2 Å². The molecule has 0 spiro atoms. The van der Waals surface area contributed by atoms with Gasteiger partial charge >= 0.3 is 0 Å². The largest absolute Gasteiger partial charge is 0.312 e. The highest BCUT2D eigenvalue weighted by molar-refractivity contribution is 5.94. The molecular formula is C17H24N2O. The van der Waals surface area contributed by atoms with E-state index in [0.717, 1.165) is 37.5 Å². The molecule has 1 saturated carbocycles. The first-order valence-corrected chi connectivity index (χ1v) is 7.91. The van der Waals surface area contributed by atoms with Crippen LogP contribution in [0.4, 0.5) is 5.69 Å². The number of carbonyl (C=O) groups is 1. The molecule has 1 amide bonds. The Morgan fingerprint density at radius 1 is 1.30 bits per heavy atom. The van der Waals surface area contributed by atoms with Crippen LogP contribution in [0.1, 0.15) is 38.2 Å². The number of hydrogen-bond acceptors (Lipinski definition) is 2. The zero-order chi connectivity index (χ0) is 13.9. The van der Waals surface area contributed by atoms with Crippen LogP contribution in [0.25, 0.3) is 0 Å². The Hall–Kier alpha value is -1.35. The summed E-state index contributed by atoms with van der Waals surface area (Å²) in [6, 6.07) is 8.85. The molecule has 1 unspecified atom stereocenters. The highest BCUT2D eigenvalue weighted by Gasteiger charge is 2.34. The molecule has 1 aromatic rings. The summed E-state index contributed by atoms with van der Waals surface area (Å²) in [4.78, 5) is 14.5. The van der Waals surface area contributed by atoms with Gasteiger partial charge in [-0.1, -0.05) is 25.1 Å². The zero-order valence-corrected chi connectivity index (χ0v) is 12.3. The maximum Gasteiger partial charge on any atom is 0.227 e. The molecule has 1 N–H and O–H groups in total. The SMILES string of the molecule is CCNC(CN1C(=O)CCCc2ccccc21)C1CC1. The van der Waals surface area contributed by atoms with E-state index < -0.39 is 0 Å². The highest BCUT2D eigenvalue weighted by atomic mass is 16.2. The lowest BCUT2D eigenvalue weighted by molar-refractivity contribution is -0.118. The van der Waals surface area contributed by atoms with Crippen molar-refractivity contribution in [1.29, 1.82) is 0 Å². The number of anilines is 1. The zero-order valence-electron chi connectivity index (χ0n) is 12.3. The summed E-state index contributed by atoms with van der Waals surface area (Å²) in [6.45, 7) is 3.95. The minimum Gasteiger partial charge on any atom is -0.312 e. The van der Waals surface area contributed by atoms with Gasteiger partial charge in [0.15, 0.2) is 0 Å². The Bertz CT molecular complexity index is 482. The van der Waals surface area contributed by atoms with Crippen molar-refractivity contribution in [3.63, 3.8) is 0 Å². The number of amides is 1. The van der Waals surface area contributed by atoms with E-state index in [2.05, 4.69) is 30.4 Å². The van der Waals surface area contributed by atoms with Crippen molar-refractivity contribution in [2.24, 2.45) is 5.92 Å². The average Bonchev–Trinajstić information content (AvgIpc) is 3.28. The number of benzene rings is 1. The van der Waals surface area contributed by atoms with Gasteiger partial charge in [0.1, 0.15) is 0 Å². The molecule has 2 aliphatic rings. The van der Waals surface area contributed by atoms with Crippen molar-refractivity contribution in [2.45, 2.75) is 45.1 Å². The number of hydrogen-bond donors (Lipinski definition) is 1. The standard InChI is InChI=1S/C17H24N2O/c1-2-18-15(13-10-11-13)12-19-16-8-4-3-6-14(16)7-5-9-17(19)20/h3-4,6,8,13,15,18H,2,5,7,9-12H2,1H3. The lowest BCUT2D eigenvalue weighted by atomic mass is 10.1. The summed E-state index contributed by atoms with van der Waals surface area (Å²) in [6.07, 6.45) is 5.29. The van der Waals surface area contributed by atoms with Gasteiger partial charge in [-0.15, -0.1) is 0 Å². The molecular weight excluding hydrogens is 248 g/mol. The van der Waals surface area contributed by atoms with Crippen molar-refractivity contribution < 1.29 is 4.79 Å². The second-order valence-corrected chi connectivity index (χ2v) is 5.99. The van der Waals surface area contributed by atoms with Crippen LogP contribution < -0.4 is 10.2 Å². The van der Waals surface area contributed by atoms with Gasteiger partial charge in [0.25, 0.3) is 0 Å². The molecule has 1 fully saturated rings. The van der Waals surface area contributed by atoms with E-state index in [0.29, 0.717) is 18.4 Å². The summed E-state index contributed by atoms with van der Waals surface area (Å²) in [5.41, 5.74) is 2.46. The maximum absolute atomic E-state index is 12.5. The predicted octanol–water partition coefficient (Wildman–Crippen LogP) is 2.74. The number of aryl methyl sites for hydroxylation is 1. The topological polar surface area (TPSA) is 32.3 Å². The Labute approximate surface area is 121 Å². The molecule has 1 aliphatic heterocycles. The van der Waals surface area contributed by atoms with Gasteiger partial charge in [-0.2, -0.15) is 0 Å². The van der Waals surface area contributed by atoms with Gasteiger partial charge in [-0.3, -0.25) is 4.79 Å². The second kappa shape index (κ2) is 5.96. The number of rotatable bonds is 5. The van der Waals surface area contributed by atoms with Gasteiger partial charge in [0, 0.05) is 24.7 Å². The molecule has 0 aromatic heterocycles. The predicted molar refractivity (Wildman–Crippen MR) is 81.9 cm³/mol. The monoisotopic (exact) mass is 272 g/mol. The summed E-state index contributed by atoms with van der Waals surface area (Å²) in [5, 5.41) is 3.57. The van der Waals surface area contributed by atoms with Crippen LogP contribution in [0.3, 0.4) is 0 Å². The molecule has 1 aliphatic carbocycles. The first-order chi connectivity index (χ1) is 9.79.